The summed E-state index contributed by atoms with van der Waals surface area (Å²) in [6.07, 6.45) is 0.853. The molecule has 0 spiro atoms. The lowest BCUT2D eigenvalue weighted by Gasteiger charge is -2.12. The normalized spacial score (nSPS) is 10.8. The third-order valence-corrected chi connectivity index (χ3v) is 4.54. The SMILES string of the molecule is CCc1cccc(C)c1NC(=O)c1nnn(-c2cc(C)cc(C)c2)c1C. The van der Waals surface area contributed by atoms with Crippen molar-refractivity contribution < 1.29 is 4.79 Å². The Balaban J connectivity index is 1.94. The zero-order valence-corrected chi connectivity index (χ0v) is 15.9. The third-order valence-electron chi connectivity index (χ3n) is 4.54. The van der Waals surface area contributed by atoms with Crippen molar-refractivity contribution in [2.75, 3.05) is 5.32 Å². The maximum absolute atomic E-state index is 12.8. The van der Waals surface area contributed by atoms with Crippen LogP contribution in [-0.2, 0) is 6.42 Å². The van der Waals surface area contributed by atoms with Crippen LogP contribution in [0.1, 0.15) is 45.4 Å². The number of anilines is 1. The molecule has 5 heteroatoms. The van der Waals surface area contributed by atoms with Crippen LogP contribution in [0.3, 0.4) is 0 Å². The maximum atomic E-state index is 12.8. The molecule has 5 nitrogen and oxygen atoms in total. The zero-order valence-electron chi connectivity index (χ0n) is 15.9. The lowest BCUT2D eigenvalue weighted by atomic mass is 10.1. The molecule has 1 aromatic heterocycles. The predicted molar refractivity (Wildman–Crippen MR) is 104 cm³/mol. The second kappa shape index (κ2) is 7.12. The predicted octanol–water partition coefficient (Wildman–Crippen LogP) is 4.32. The van der Waals surface area contributed by atoms with Crippen LogP contribution in [0.25, 0.3) is 5.69 Å². The third kappa shape index (κ3) is 3.38. The van der Waals surface area contributed by atoms with Crippen molar-refractivity contribution >= 4 is 11.6 Å². The van der Waals surface area contributed by atoms with Crippen molar-refractivity contribution in [1.29, 1.82) is 0 Å². The lowest BCUT2D eigenvalue weighted by molar-refractivity contribution is 0.102. The van der Waals surface area contributed by atoms with E-state index in [1.54, 1.807) is 4.68 Å². The van der Waals surface area contributed by atoms with Gasteiger partial charge in [0.15, 0.2) is 5.69 Å². The Morgan fingerprint density at radius 3 is 2.42 bits per heavy atom. The summed E-state index contributed by atoms with van der Waals surface area (Å²) < 4.78 is 1.72. The van der Waals surface area contributed by atoms with E-state index in [1.165, 1.54) is 0 Å². The van der Waals surface area contributed by atoms with Crippen LogP contribution in [0.2, 0.25) is 0 Å². The molecule has 0 bridgehead atoms. The largest absolute Gasteiger partial charge is 0.320 e. The van der Waals surface area contributed by atoms with E-state index in [4.69, 9.17) is 0 Å². The fourth-order valence-corrected chi connectivity index (χ4v) is 3.23. The fraction of sp³-hybridized carbons (Fsp3) is 0.286. The molecule has 2 aromatic carbocycles. The summed E-state index contributed by atoms with van der Waals surface area (Å²) in [5.41, 5.74) is 7.28. The van der Waals surface area contributed by atoms with Crippen molar-refractivity contribution in [3.63, 3.8) is 0 Å². The summed E-state index contributed by atoms with van der Waals surface area (Å²) in [5.74, 6) is -0.234. The molecule has 1 N–H and O–H groups in total. The first-order valence-corrected chi connectivity index (χ1v) is 8.81. The Morgan fingerprint density at radius 2 is 1.77 bits per heavy atom. The van der Waals surface area contributed by atoms with Gasteiger partial charge in [-0.1, -0.05) is 36.4 Å². The second-order valence-electron chi connectivity index (χ2n) is 6.70. The maximum Gasteiger partial charge on any atom is 0.278 e. The Morgan fingerprint density at radius 1 is 1.08 bits per heavy atom. The first-order valence-electron chi connectivity index (χ1n) is 8.81. The summed E-state index contributed by atoms with van der Waals surface area (Å²) in [7, 11) is 0. The van der Waals surface area contributed by atoms with E-state index in [1.807, 2.05) is 58.0 Å². The first-order chi connectivity index (χ1) is 12.4. The first kappa shape index (κ1) is 17.9. The molecule has 134 valence electrons. The van der Waals surface area contributed by atoms with Gasteiger partial charge in [-0.2, -0.15) is 0 Å². The molecule has 1 heterocycles. The van der Waals surface area contributed by atoms with Crippen LogP contribution in [-0.4, -0.2) is 20.9 Å². The van der Waals surface area contributed by atoms with E-state index >= 15 is 0 Å². The number of benzene rings is 2. The number of carbonyl (C=O) groups is 1. The van der Waals surface area contributed by atoms with Gasteiger partial charge >= 0.3 is 0 Å². The highest BCUT2D eigenvalue weighted by Crippen LogP contribution is 2.22. The zero-order chi connectivity index (χ0) is 18.8. The van der Waals surface area contributed by atoms with Gasteiger partial charge in [-0.3, -0.25) is 4.79 Å². The number of carbonyl (C=O) groups excluding carboxylic acids is 1. The highest BCUT2D eigenvalue weighted by Gasteiger charge is 2.19. The summed E-state index contributed by atoms with van der Waals surface area (Å²) >= 11 is 0. The number of aromatic nitrogens is 3. The molecule has 0 aliphatic heterocycles. The van der Waals surface area contributed by atoms with Crippen molar-refractivity contribution in [3.8, 4) is 5.69 Å². The minimum atomic E-state index is -0.234. The Labute approximate surface area is 154 Å². The van der Waals surface area contributed by atoms with Gasteiger partial charge < -0.3 is 5.32 Å². The van der Waals surface area contributed by atoms with Crippen LogP contribution in [0.5, 0.6) is 0 Å². The minimum absolute atomic E-state index is 0.234. The topological polar surface area (TPSA) is 59.8 Å². The van der Waals surface area contributed by atoms with Gasteiger partial charge in [0.2, 0.25) is 0 Å². The lowest BCUT2D eigenvalue weighted by Crippen LogP contribution is -2.16. The smallest absolute Gasteiger partial charge is 0.278 e. The number of nitrogens with zero attached hydrogens (tertiary/aromatic N) is 3. The molecule has 0 radical (unpaired) electrons. The summed E-state index contributed by atoms with van der Waals surface area (Å²) in [4.78, 5) is 12.8. The Bertz CT molecular complexity index is 952. The molecular formula is C21H24N4O. The van der Waals surface area contributed by atoms with Crippen molar-refractivity contribution in [3.05, 3.63) is 70.0 Å². The van der Waals surface area contributed by atoms with Gasteiger partial charge in [-0.05, 0) is 68.5 Å². The molecule has 3 aromatic rings. The molecular weight excluding hydrogens is 324 g/mol. The van der Waals surface area contributed by atoms with E-state index in [-0.39, 0.29) is 5.91 Å². The van der Waals surface area contributed by atoms with Gasteiger partial charge in [0, 0.05) is 5.69 Å². The fourth-order valence-electron chi connectivity index (χ4n) is 3.23. The second-order valence-corrected chi connectivity index (χ2v) is 6.70. The summed E-state index contributed by atoms with van der Waals surface area (Å²) in [6, 6.07) is 12.2. The average Bonchev–Trinajstić information content (AvgIpc) is 2.97. The molecule has 0 unspecified atom stereocenters. The number of amides is 1. The van der Waals surface area contributed by atoms with Crippen molar-refractivity contribution in [2.45, 2.75) is 41.0 Å². The van der Waals surface area contributed by atoms with Crippen molar-refractivity contribution in [1.82, 2.24) is 15.0 Å². The number of nitrogens with one attached hydrogen (secondary N) is 1. The minimum Gasteiger partial charge on any atom is -0.320 e. The van der Waals surface area contributed by atoms with E-state index in [0.717, 1.165) is 45.7 Å². The number of aryl methyl sites for hydroxylation is 4. The number of rotatable bonds is 4. The monoisotopic (exact) mass is 348 g/mol. The van der Waals surface area contributed by atoms with E-state index < -0.39 is 0 Å². The quantitative estimate of drug-likeness (QED) is 0.764. The standard InChI is InChI=1S/C21H24N4O/c1-6-17-9-7-8-15(4)19(17)22-21(26)20-16(5)25(24-23-20)18-11-13(2)10-14(3)12-18/h7-12H,6H2,1-5H3,(H,22,26). The number of hydrogen-bond donors (Lipinski definition) is 1. The molecule has 0 saturated carbocycles. The molecule has 0 saturated heterocycles. The van der Waals surface area contributed by atoms with Crippen LogP contribution in [0, 0.1) is 27.7 Å². The molecule has 3 rings (SSSR count). The van der Waals surface area contributed by atoms with Crippen LogP contribution < -0.4 is 5.32 Å². The number of para-hydroxylation sites is 1. The Kier molecular flexibility index (Phi) is 4.89. The van der Waals surface area contributed by atoms with E-state index in [2.05, 4.69) is 28.6 Å². The van der Waals surface area contributed by atoms with E-state index in [9.17, 15) is 4.79 Å². The molecule has 1 amide bonds. The van der Waals surface area contributed by atoms with E-state index in [0.29, 0.717) is 5.69 Å². The van der Waals surface area contributed by atoms with Gasteiger partial charge in [-0.25, -0.2) is 4.68 Å². The van der Waals surface area contributed by atoms with Crippen LogP contribution in [0.4, 0.5) is 5.69 Å². The van der Waals surface area contributed by atoms with Gasteiger partial charge in [0.25, 0.3) is 5.91 Å². The summed E-state index contributed by atoms with van der Waals surface area (Å²) in [5, 5.41) is 11.4. The van der Waals surface area contributed by atoms with Gasteiger partial charge in [-0.15, -0.1) is 5.10 Å². The number of hydrogen-bond acceptors (Lipinski definition) is 3. The van der Waals surface area contributed by atoms with Gasteiger partial charge in [0.1, 0.15) is 0 Å². The van der Waals surface area contributed by atoms with Gasteiger partial charge in [0.05, 0.1) is 11.4 Å². The van der Waals surface area contributed by atoms with Crippen LogP contribution >= 0.6 is 0 Å². The van der Waals surface area contributed by atoms with Crippen molar-refractivity contribution in [2.24, 2.45) is 0 Å². The molecule has 0 atom stereocenters. The van der Waals surface area contributed by atoms with Crippen LogP contribution in [0.15, 0.2) is 36.4 Å². The molecule has 0 aliphatic carbocycles. The Hall–Kier alpha value is -2.95. The molecule has 0 aliphatic rings. The highest BCUT2D eigenvalue weighted by molar-refractivity contribution is 6.04. The molecule has 0 fully saturated rings. The molecule has 26 heavy (non-hydrogen) atoms. The average molecular weight is 348 g/mol. The highest BCUT2D eigenvalue weighted by atomic mass is 16.2. The summed E-state index contributed by atoms with van der Waals surface area (Å²) in [6.45, 7) is 10.0.